The maximum atomic E-state index is 12.0. The standard InChI is InChI=1S/C9H10F2NO/c10-9(11)8-4-3-7(6-12-8)2-1-5-13/h2-4,6,9,13H,1,5H2. The Morgan fingerprint density at radius 1 is 1.46 bits per heavy atom. The van der Waals surface area contributed by atoms with Crippen LogP contribution in [-0.4, -0.2) is 16.7 Å². The van der Waals surface area contributed by atoms with Gasteiger partial charge in [0.2, 0.25) is 0 Å². The van der Waals surface area contributed by atoms with Crippen LogP contribution >= 0.6 is 0 Å². The Morgan fingerprint density at radius 2 is 2.23 bits per heavy atom. The van der Waals surface area contributed by atoms with Crippen molar-refractivity contribution in [2.45, 2.75) is 12.8 Å². The number of aliphatic hydroxyl groups excluding tert-OH is 1. The zero-order valence-electron chi connectivity index (χ0n) is 6.95. The van der Waals surface area contributed by atoms with Gasteiger partial charge in [0.25, 0.3) is 6.43 Å². The molecule has 0 aliphatic heterocycles. The van der Waals surface area contributed by atoms with Crippen molar-refractivity contribution in [1.29, 1.82) is 0 Å². The molecule has 1 aromatic heterocycles. The smallest absolute Gasteiger partial charge is 0.280 e. The maximum absolute atomic E-state index is 12.0. The van der Waals surface area contributed by atoms with Crippen molar-refractivity contribution in [2.24, 2.45) is 0 Å². The third-order valence-corrected chi connectivity index (χ3v) is 1.54. The lowest BCUT2D eigenvalue weighted by molar-refractivity contribution is 0.146. The molecule has 1 heterocycles. The fraction of sp³-hybridized carbons (Fsp3) is 0.333. The van der Waals surface area contributed by atoms with Gasteiger partial charge in [-0.05, 0) is 24.5 Å². The minimum Gasteiger partial charge on any atom is -0.396 e. The zero-order chi connectivity index (χ0) is 9.68. The molecule has 71 valence electrons. The predicted octanol–water partition coefficient (Wildman–Crippen LogP) is 1.95. The second-order valence-corrected chi connectivity index (χ2v) is 2.53. The summed E-state index contributed by atoms with van der Waals surface area (Å²) in [4.78, 5) is 3.57. The zero-order valence-corrected chi connectivity index (χ0v) is 6.95. The minimum absolute atomic E-state index is 0.0522. The molecule has 0 aliphatic rings. The van der Waals surface area contributed by atoms with E-state index in [9.17, 15) is 8.78 Å². The number of nitrogens with zero attached hydrogens (tertiary/aromatic N) is 1. The Labute approximate surface area is 75.2 Å². The Kier molecular flexibility index (Phi) is 3.76. The first kappa shape index (κ1) is 10.1. The van der Waals surface area contributed by atoms with Crippen molar-refractivity contribution in [3.8, 4) is 0 Å². The Bertz CT molecular complexity index is 248. The van der Waals surface area contributed by atoms with Crippen molar-refractivity contribution in [2.75, 3.05) is 6.61 Å². The third-order valence-electron chi connectivity index (χ3n) is 1.54. The summed E-state index contributed by atoms with van der Waals surface area (Å²) in [5.74, 6) is 0. The van der Waals surface area contributed by atoms with E-state index in [1.165, 1.54) is 12.3 Å². The lowest BCUT2D eigenvalue weighted by Crippen LogP contribution is -1.92. The SMILES string of the molecule is OCC[CH]c1ccc(C(F)F)nc1. The van der Waals surface area contributed by atoms with E-state index >= 15 is 0 Å². The summed E-state index contributed by atoms with van der Waals surface area (Å²) in [5, 5.41) is 8.50. The van der Waals surface area contributed by atoms with E-state index in [1.807, 2.05) is 0 Å². The molecular formula is C9H10F2NO. The summed E-state index contributed by atoms with van der Waals surface area (Å²) in [5.41, 5.74) is 0.527. The van der Waals surface area contributed by atoms with E-state index in [4.69, 9.17) is 5.11 Å². The van der Waals surface area contributed by atoms with Crippen LogP contribution in [0.15, 0.2) is 18.3 Å². The first-order valence-electron chi connectivity index (χ1n) is 3.92. The van der Waals surface area contributed by atoms with Gasteiger partial charge in [0.15, 0.2) is 0 Å². The van der Waals surface area contributed by atoms with Crippen LogP contribution in [0.3, 0.4) is 0 Å². The van der Waals surface area contributed by atoms with Gasteiger partial charge in [-0.3, -0.25) is 4.98 Å². The van der Waals surface area contributed by atoms with Gasteiger partial charge in [0.05, 0.1) is 0 Å². The fourth-order valence-electron chi connectivity index (χ4n) is 0.898. The number of halogens is 2. The van der Waals surface area contributed by atoms with Crippen molar-refractivity contribution < 1.29 is 13.9 Å². The normalized spacial score (nSPS) is 10.8. The average molecular weight is 186 g/mol. The highest BCUT2D eigenvalue weighted by Gasteiger charge is 2.07. The van der Waals surface area contributed by atoms with Gasteiger partial charge in [0.1, 0.15) is 5.69 Å². The van der Waals surface area contributed by atoms with Crippen LogP contribution in [0.2, 0.25) is 0 Å². The molecule has 4 heteroatoms. The summed E-state index contributed by atoms with van der Waals surface area (Å²) in [6.45, 7) is 0.0522. The number of hydrogen-bond donors (Lipinski definition) is 1. The van der Waals surface area contributed by atoms with Crippen LogP contribution in [0.25, 0.3) is 0 Å². The highest BCUT2D eigenvalue weighted by Crippen LogP contribution is 2.16. The molecule has 2 nitrogen and oxygen atoms in total. The van der Waals surface area contributed by atoms with Gasteiger partial charge in [-0.2, -0.15) is 0 Å². The monoisotopic (exact) mass is 186 g/mol. The minimum atomic E-state index is -2.52. The van der Waals surface area contributed by atoms with Gasteiger partial charge in [-0.1, -0.05) is 6.07 Å². The van der Waals surface area contributed by atoms with Crippen LogP contribution in [0, 0.1) is 6.42 Å². The Hall–Kier alpha value is -1.03. The third kappa shape index (κ3) is 3.06. The second kappa shape index (κ2) is 4.87. The van der Waals surface area contributed by atoms with Gasteiger partial charge >= 0.3 is 0 Å². The van der Waals surface area contributed by atoms with Gasteiger partial charge in [-0.25, -0.2) is 8.78 Å². The van der Waals surface area contributed by atoms with Crippen molar-refractivity contribution in [1.82, 2.24) is 4.98 Å². The summed E-state index contributed by atoms with van der Waals surface area (Å²) >= 11 is 0. The van der Waals surface area contributed by atoms with E-state index < -0.39 is 6.43 Å². The molecule has 1 radical (unpaired) electrons. The fourth-order valence-corrected chi connectivity index (χ4v) is 0.898. The van der Waals surface area contributed by atoms with Gasteiger partial charge in [0, 0.05) is 12.8 Å². The average Bonchev–Trinajstić information content (AvgIpc) is 2.15. The molecule has 1 N–H and O–H groups in total. The molecule has 0 bridgehead atoms. The summed E-state index contributed by atoms with van der Waals surface area (Å²) in [6.07, 6.45) is 1.10. The number of rotatable bonds is 4. The van der Waals surface area contributed by atoms with Crippen LogP contribution in [0.1, 0.15) is 24.1 Å². The number of alkyl halides is 2. The molecule has 0 atom stereocenters. The van der Waals surface area contributed by atoms with E-state index in [0.717, 1.165) is 5.56 Å². The molecular weight excluding hydrogens is 176 g/mol. The van der Waals surface area contributed by atoms with E-state index in [0.29, 0.717) is 6.42 Å². The molecule has 0 fully saturated rings. The van der Waals surface area contributed by atoms with Crippen LogP contribution in [-0.2, 0) is 0 Å². The number of aromatic nitrogens is 1. The van der Waals surface area contributed by atoms with Crippen molar-refractivity contribution >= 4 is 0 Å². The van der Waals surface area contributed by atoms with Gasteiger partial charge < -0.3 is 5.11 Å². The molecule has 1 aromatic rings. The highest BCUT2D eigenvalue weighted by atomic mass is 19.3. The molecule has 0 unspecified atom stereocenters. The summed E-state index contributed by atoms with van der Waals surface area (Å²) in [7, 11) is 0. The molecule has 13 heavy (non-hydrogen) atoms. The van der Waals surface area contributed by atoms with Gasteiger partial charge in [-0.15, -0.1) is 0 Å². The van der Waals surface area contributed by atoms with E-state index in [-0.39, 0.29) is 12.3 Å². The summed E-state index contributed by atoms with van der Waals surface area (Å²) < 4.78 is 24.1. The topological polar surface area (TPSA) is 33.1 Å². The number of aliphatic hydroxyl groups is 1. The first-order valence-corrected chi connectivity index (χ1v) is 3.92. The molecule has 0 amide bonds. The molecule has 0 spiro atoms. The van der Waals surface area contributed by atoms with Crippen molar-refractivity contribution in [3.05, 3.63) is 36.0 Å². The summed E-state index contributed by atoms with van der Waals surface area (Å²) in [6, 6.07) is 2.85. The molecule has 0 aromatic carbocycles. The second-order valence-electron chi connectivity index (χ2n) is 2.53. The lowest BCUT2D eigenvalue weighted by atomic mass is 10.1. The lowest BCUT2D eigenvalue weighted by Gasteiger charge is -2.00. The van der Waals surface area contributed by atoms with Crippen LogP contribution in [0.5, 0.6) is 0 Å². The number of pyridine rings is 1. The molecule has 1 rings (SSSR count). The maximum Gasteiger partial charge on any atom is 0.280 e. The Morgan fingerprint density at radius 3 is 2.69 bits per heavy atom. The quantitative estimate of drug-likeness (QED) is 0.779. The Balaban J connectivity index is 2.59. The van der Waals surface area contributed by atoms with E-state index in [2.05, 4.69) is 4.98 Å². The molecule has 0 aliphatic carbocycles. The molecule has 0 saturated carbocycles. The highest BCUT2D eigenvalue weighted by molar-refractivity contribution is 5.21. The first-order chi connectivity index (χ1) is 6.24. The number of hydrogen-bond acceptors (Lipinski definition) is 2. The van der Waals surface area contributed by atoms with Crippen LogP contribution in [0.4, 0.5) is 8.78 Å². The van der Waals surface area contributed by atoms with Crippen LogP contribution < -0.4 is 0 Å². The van der Waals surface area contributed by atoms with Crippen molar-refractivity contribution in [3.63, 3.8) is 0 Å². The predicted molar refractivity (Wildman–Crippen MR) is 44.3 cm³/mol. The molecule has 0 saturated heterocycles. The van der Waals surface area contributed by atoms with E-state index in [1.54, 1.807) is 12.5 Å². The largest absolute Gasteiger partial charge is 0.396 e.